The fraction of sp³-hybridized carbons (Fsp3) is 0.429. The summed E-state index contributed by atoms with van der Waals surface area (Å²) in [5.41, 5.74) is 6.69. The molecule has 0 aromatic heterocycles. The largest absolute Gasteiger partial charge is 0.504 e. The van der Waals surface area contributed by atoms with Gasteiger partial charge in [0, 0.05) is 0 Å². The van der Waals surface area contributed by atoms with Gasteiger partial charge in [-0.3, -0.25) is 0 Å². The normalized spacial score (nSPS) is 10.5. The van der Waals surface area contributed by atoms with Gasteiger partial charge in [-0.25, -0.2) is 9.59 Å². The van der Waals surface area contributed by atoms with Crippen molar-refractivity contribution in [1.29, 1.82) is 0 Å². The molecule has 0 saturated carbocycles. The third-order valence-corrected chi connectivity index (χ3v) is 1.15. The molecule has 13 heavy (non-hydrogen) atoms. The van der Waals surface area contributed by atoms with E-state index in [9.17, 15) is 9.59 Å². The lowest BCUT2D eigenvalue weighted by molar-refractivity contribution is -0.144. The Hall–Kier alpha value is -1.72. The molecule has 0 aliphatic heterocycles. The topological polar surface area (TPSA) is 90.7 Å². The minimum absolute atomic E-state index is 0.302. The highest BCUT2D eigenvalue weighted by molar-refractivity contribution is 5.88. The number of nitrogens with two attached hydrogens (primary N) is 1. The van der Waals surface area contributed by atoms with Crippen LogP contribution in [0.1, 0.15) is 13.3 Å². The van der Waals surface area contributed by atoms with Gasteiger partial charge in [-0.2, -0.15) is 5.48 Å². The van der Waals surface area contributed by atoms with Crippen LogP contribution in [-0.4, -0.2) is 19.1 Å². The molecule has 0 unspecified atom stereocenters. The monoisotopic (exact) mass is 188 g/mol. The molecule has 0 aliphatic carbocycles. The Morgan fingerprint density at radius 2 is 2.15 bits per heavy atom. The Morgan fingerprint density at radius 1 is 1.54 bits per heavy atom. The second kappa shape index (κ2) is 5.87. The minimum Gasteiger partial charge on any atom is -0.504 e. The average Bonchev–Trinajstić information content (AvgIpc) is 2.10. The van der Waals surface area contributed by atoms with Gasteiger partial charge in [0.05, 0.1) is 18.9 Å². The van der Waals surface area contributed by atoms with Crippen molar-refractivity contribution in [1.82, 2.24) is 5.48 Å². The van der Waals surface area contributed by atoms with E-state index in [2.05, 4.69) is 15.3 Å². The molecule has 74 valence electrons. The molecule has 0 radical (unpaired) electrons. The molecule has 0 fully saturated rings. The molecule has 0 spiro atoms. The first kappa shape index (κ1) is 11.3. The lowest BCUT2D eigenvalue weighted by atomic mass is 10.2. The van der Waals surface area contributed by atoms with Crippen LogP contribution in [0.5, 0.6) is 0 Å². The third kappa shape index (κ3) is 4.67. The molecule has 0 aromatic carbocycles. The number of nitrogens with one attached hydrogen (secondary N) is 1. The molecule has 0 heterocycles. The first-order valence-corrected chi connectivity index (χ1v) is 3.60. The van der Waals surface area contributed by atoms with Crippen molar-refractivity contribution in [2.24, 2.45) is 5.73 Å². The zero-order valence-electron chi connectivity index (χ0n) is 7.49. The minimum atomic E-state index is -0.929. The van der Waals surface area contributed by atoms with Gasteiger partial charge >= 0.3 is 12.0 Å². The van der Waals surface area contributed by atoms with Gasteiger partial charge in [0.25, 0.3) is 0 Å². The quantitative estimate of drug-likeness (QED) is 0.372. The van der Waals surface area contributed by atoms with Crippen molar-refractivity contribution in [3.63, 3.8) is 0 Å². The molecule has 2 amide bonds. The van der Waals surface area contributed by atoms with E-state index in [1.807, 2.05) is 0 Å². The summed E-state index contributed by atoms with van der Waals surface area (Å²) in [6.07, 6.45) is 1.68. The summed E-state index contributed by atoms with van der Waals surface area (Å²) in [6.45, 7) is 1.75. The molecule has 0 aromatic rings. The molecule has 0 bridgehead atoms. The van der Waals surface area contributed by atoms with Crippen molar-refractivity contribution in [3.8, 4) is 0 Å². The van der Waals surface area contributed by atoms with Crippen molar-refractivity contribution in [3.05, 3.63) is 11.8 Å². The van der Waals surface area contributed by atoms with Crippen molar-refractivity contribution in [2.45, 2.75) is 13.3 Å². The maximum atomic E-state index is 11.0. The van der Waals surface area contributed by atoms with E-state index in [1.165, 1.54) is 13.4 Å². The summed E-state index contributed by atoms with van der Waals surface area (Å²) < 4.78 is 4.62. The van der Waals surface area contributed by atoms with Crippen LogP contribution in [0, 0.1) is 0 Å². The van der Waals surface area contributed by atoms with Crippen LogP contribution in [0.15, 0.2) is 11.8 Å². The van der Waals surface area contributed by atoms with E-state index in [1.54, 1.807) is 12.4 Å². The molecular formula is C7H12N2O4. The van der Waals surface area contributed by atoms with Crippen LogP contribution in [0.4, 0.5) is 4.79 Å². The molecule has 3 N–H and O–H groups in total. The highest BCUT2D eigenvalue weighted by Gasteiger charge is 2.10. The Kier molecular flexibility index (Phi) is 5.09. The lowest BCUT2D eigenvalue weighted by Gasteiger charge is -2.04. The number of primary amides is 1. The van der Waals surface area contributed by atoms with Gasteiger partial charge in [0.1, 0.15) is 0 Å². The zero-order chi connectivity index (χ0) is 10.3. The zero-order valence-corrected chi connectivity index (χ0v) is 7.49. The second-order valence-electron chi connectivity index (χ2n) is 2.09. The van der Waals surface area contributed by atoms with Crippen LogP contribution in [-0.2, 0) is 14.4 Å². The van der Waals surface area contributed by atoms with Crippen molar-refractivity contribution < 1.29 is 19.2 Å². The third-order valence-electron chi connectivity index (χ3n) is 1.15. The number of rotatable bonds is 3. The molecule has 0 saturated heterocycles. The smallest absolute Gasteiger partial charge is 0.362 e. The predicted octanol–water partition coefficient (Wildman–Crippen LogP) is 0.0532. The van der Waals surface area contributed by atoms with Gasteiger partial charge in [0.2, 0.25) is 0 Å². The van der Waals surface area contributed by atoms with E-state index < -0.39 is 12.0 Å². The number of hydroxylamine groups is 1. The van der Waals surface area contributed by atoms with Gasteiger partial charge in [0.15, 0.2) is 0 Å². The first-order valence-electron chi connectivity index (χ1n) is 3.60. The molecule has 0 aliphatic rings. The molecule has 0 atom stereocenters. The van der Waals surface area contributed by atoms with Crippen molar-refractivity contribution in [2.75, 3.05) is 7.11 Å². The van der Waals surface area contributed by atoms with E-state index in [-0.39, 0.29) is 0 Å². The number of urea groups is 1. The second-order valence-corrected chi connectivity index (χ2v) is 2.09. The number of methoxy groups -OCH3 is 1. The molecule has 6 heteroatoms. The highest BCUT2D eigenvalue weighted by atomic mass is 16.7. The van der Waals surface area contributed by atoms with E-state index >= 15 is 0 Å². The Labute approximate surface area is 75.6 Å². The number of carbonyl (C=O) groups excluding carboxylic acids is 2. The van der Waals surface area contributed by atoms with E-state index in [4.69, 9.17) is 0 Å². The van der Waals surface area contributed by atoms with Crippen LogP contribution in [0.25, 0.3) is 0 Å². The number of hydrogen-bond donors (Lipinski definition) is 2. The Bertz CT molecular complexity index is 225. The summed E-state index contributed by atoms with van der Waals surface area (Å²) >= 11 is 0. The van der Waals surface area contributed by atoms with Gasteiger partial charge in [-0.05, 0) is 6.42 Å². The Balaban J connectivity index is 4.07. The summed E-state index contributed by atoms with van der Waals surface area (Å²) in [7, 11) is 1.41. The van der Waals surface area contributed by atoms with Gasteiger partial charge < -0.3 is 15.3 Å². The van der Waals surface area contributed by atoms with Gasteiger partial charge in [-0.1, -0.05) is 6.92 Å². The summed E-state index contributed by atoms with van der Waals surface area (Å²) in [6, 6.07) is -0.929. The summed E-state index contributed by atoms with van der Waals surface area (Å²) in [4.78, 5) is 25.5. The summed E-state index contributed by atoms with van der Waals surface area (Å²) in [5, 5.41) is 0. The summed E-state index contributed by atoms with van der Waals surface area (Å²) in [5.74, 6) is -0.692. The standard InChI is InChI=1S/C7H12N2O4/c1-3-5(4-12-2)6(10)13-9-7(8)11/h4H,3H2,1-2H3,(H3,8,9,11). The molecule has 0 rings (SSSR count). The number of hydrogen-bond acceptors (Lipinski definition) is 4. The molecule has 6 nitrogen and oxygen atoms in total. The fourth-order valence-electron chi connectivity index (χ4n) is 0.580. The Morgan fingerprint density at radius 3 is 2.54 bits per heavy atom. The van der Waals surface area contributed by atoms with Crippen LogP contribution in [0.2, 0.25) is 0 Å². The van der Waals surface area contributed by atoms with Crippen molar-refractivity contribution >= 4 is 12.0 Å². The predicted molar refractivity (Wildman–Crippen MR) is 44.2 cm³/mol. The maximum Gasteiger partial charge on any atom is 0.362 e. The number of amides is 2. The highest BCUT2D eigenvalue weighted by Crippen LogP contribution is 2.01. The van der Waals surface area contributed by atoms with E-state index in [0.717, 1.165) is 0 Å². The maximum absolute atomic E-state index is 11.0. The molecular weight excluding hydrogens is 176 g/mol. The number of ether oxygens (including phenoxy) is 1. The van der Waals surface area contributed by atoms with Crippen LogP contribution in [0.3, 0.4) is 0 Å². The SMILES string of the molecule is CCC(=COC)C(=O)ONC(N)=O. The number of carbonyl (C=O) groups is 2. The fourth-order valence-corrected chi connectivity index (χ4v) is 0.580. The first-order chi connectivity index (χ1) is 6.11. The lowest BCUT2D eigenvalue weighted by Crippen LogP contribution is -2.32. The van der Waals surface area contributed by atoms with Crippen LogP contribution >= 0.6 is 0 Å². The average molecular weight is 188 g/mol. The van der Waals surface area contributed by atoms with E-state index in [0.29, 0.717) is 12.0 Å². The van der Waals surface area contributed by atoms with Gasteiger partial charge in [-0.15, -0.1) is 0 Å². The van der Waals surface area contributed by atoms with Crippen LogP contribution < -0.4 is 11.2 Å².